The van der Waals surface area contributed by atoms with E-state index in [9.17, 15) is 14.4 Å². The van der Waals surface area contributed by atoms with Gasteiger partial charge in [0, 0.05) is 13.0 Å². The summed E-state index contributed by atoms with van der Waals surface area (Å²) in [6, 6.07) is 7.02. The van der Waals surface area contributed by atoms with Crippen molar-refractivity contribution in [2.75, 3.05) is 6.54 Å². The Balaban J connectivity index is 1.61. The second-order valence-electron chi connectivity index (χ2n) is 7.06. The fraction of sp³-hybridized carbons (Fsp3) is 0.421. The highest BCUT2D eigenvalue weighted by molar-refractivity contribution is 6.21. The molecular formula is C19H19NO3. The Kier molecular flexibility index (Phi) is 3.05. The van der Waals surface area contributed by atoms with Crippen molar-refractivity contribution in [2.24, 2.45) is 11.3 Å². The molecule has 2 atom stereocenters. The minimum absolute atomic E-state index is 0.0523. The van der Waals surface area contributed by atoms with Crippen LogP contribution in [-0.2, 0) is 4.79 Å². The van der Waals surface area contributed by atoms with E-state index in [4.69, 9.17) is 0 Å². The number of hydrogen-bond acceptors (Lipinski definition) is 3. The normalized spacial score (nSPS) is 29.6. The maximum absolute atomic E-state index is 12.5. The number of carbonyl (C=O) groups excluding carboxylic acids is 3. The number of hydrogen-bond donors (Lipinski definition) is 0. The molecular weight excluding hydrogens is 290 g/mol. The Bertz CT molecular complexity index is 729. The van der Waals surface area contributed by atoms with E-state index in [-0.39, 0.29) is 28.9 Å². The second kappa shape index (κ2) is 4.88. The molecule has 1 saturated carbocycles. The smallest absolute Gasteiger partial charge is 0.261 e. The van der Waals surface area contributed by atoms with E-state index in [1.54, 1.807) is 30.3 Å². The number of rotatable bonds is 2. The van der Waals surface area contributed by atoms with Gasteiger partial charge in [0.1, 0.15) is 0 Å². The quantitative estimate of drug-likeness (QED) is 0.789. The molecule has 0 spiro atoms. The Morgan fingerprint density at radius 3 is 2.39 bits per heavy atom. The van der Waals surface area contributed by atoms with Crippen LogP contribution in [0.25, 0.3) is 0 Å². The third-order valence-electron chi connectivity index (χ3n) is 5.90. The molecule has 4 rings (SSSR count). The monoisotopic (exact) mass is 309 g/mol. The molecule has 4 nitrogen and oxygen atoms in total. The van der Waals surface area contributed by atoms with Crippen molar-refractivity contribution in [3.63, 3.8) is 0 Å². The predicted molar refractivity (Wildman–Crippen MR) is 85.0 cm³/mol. The zero-order valence-corrected chi connectivity index (χ0v) is 13.2. The van der Waals surface area contributed by atoms with Gasteiger partial charge in [-0.3, -0.25) is 19.3 Å². The molecule has 2 aliphatic carbocycles. The van der Waals surface area contributed by atoms with Crippen molar-refractivity contribution in [1.82, 2.24) is 4.90 Å². The zero-order valence-electron chi connectivity index (χ0n) is 13.2. The minimum Gasteiger partial charge on any atom is -0.295 e. The summed E-state index contributed by atoms with van der Waals surface area (Å²) in [7, 11) is 0. The van der Waals surface area contributed by atoms with Gasteiger partial charge in [-0.2, -0.15) is 0 Å². The molecule has 23 heavy (non-hydrogen) atoms. The number of fused-ring (bicyclic) bond motifs is 2. The third kappa shape index (κ3) is 2.01. The lowest BCUT2D eigenvalue weighted by Crippen LogP contribution is -2.40. The average Bonchev–Trinajstić information content (AvgIpc) is 2.99. The van der Waals surface area contributed by atoms with E-state index in [0.29, 0.717) is 24.1 Å². The van der Waals surface area contributed by atoms with Crippen molar-refractivity contribution in [2.45, 2.75) is 32.6 Å². The first-order valence-corrected chi connectivity index (χ1v) is 8.20. The summed E-state index contributed by atoms with van der Waals surface area (Å²) in [6.45, 7) is 2.63. The Morgan fingerprint density at radius 1 is 1.09 bits per heavy atom. The van der Waals surface area contributed by atoms with Crippen molar-refractivity contribution in [3.05, 3.63) is 47.0 Å². The first-order valence-electron chi connectivity index (χ1n) is 8.20. The van der Waals surface area contributed by atoms with Crippen molar-refractivity contribution >= 4 is 17.6 Å². The zero-order chi connectivity index (χ0) is 16.2. The standard InChI is InChI=1S/C19H19NO3/c1-19-9-8-14(21)10-12(19)6-7-13(19)11-20-17(22)15-4-2-3-5-16(15)18(20)23/h2-5,10,13H,6-9,11H2,1H3/t13-,19+/m1/s1. The van der Waals surface area contributed by atoms with Gasteiger partial charge in [-0.15, -0.1) is 0 Å². The topological polar surface area (TPSA) is 54.5 Å². The summed E-state index contributed by atoms with van der Waals surface area (Å²) >= 11 is 0. The van der Waals surface area contributed by atoms with Crippen LogP contribution in [0.15, 0.2) is 35.9 Å². The number of carbonyl (C=O) groups is 3. The number of imide groups is 1. The van der Waals surface area contributed by atoms with Gasteiger partial charge in [0.2, 0.25) is 0 Å². The molecule has 0 aromatic heterocycles. The first-order chi connectivity index (χ1) is 11.0. The molecule has 3 aliphatic rings. The van der Waals surface area contributed by atoms with Crippen LogP contribution in [0, 0.1) is 11.3 Å². The highest BCUT2D eigenvalue weighted by atomic mass is 16.2. The van der Waals surface area contributed by atoms with E-state index in [1.807, 2.05) is 0 Å². The molecule has 1 fully saturated rings. The minimum atomic E-state index is -0.182. The van der Waals surface area contributed by atoms with Crippen LogP contribution in [0.3, 0.4) is 0 Å². The van der Waals surface area contributed by atoms with E-state index in [1.165, 1.54) is 10.5 Å². The average molecular weight is 309 g/mol. The Morgan fingerprint density at radius 2 is 1.74 bits per heavy atom. The van der Waals surface area contributed by atoms with Crippen LogP contribution in [0.5, 0.6) is 0 Å². The lowest BCUT2D eigenvalue weighted by molar-refractivity contribution is -0.115. The van der Waals surface area contributed by atoms with Gasteiger partial charge >= 0.3 is 0 Å². The Hall–Kier alpha value is -2.23. The van der Waals surface area contributed by atoms with Crippen LogP contribution < -0.4 is 0 Å². The van der Waals surface area contributed by atoms with Gasteiger partial charge in [0.15, 0.2) is 5.78 Å². The fourth-order valence-corrected chi connectivity index (χ4v) is 4.37. The van der Waals surface area contributed by atoms with Crippen molar-refractivity contribution in [3.8, 4) is 0 Å². The van der Waals surface area contributed by atoms with Crippen LogP contribution in [0.1, 0.15) is 53.3 Å². The first kappa shape index (κ1) is 14.4. The molecule has 0 unspecified atom stereocenters. The van der Waals surface area contributed by atoms with Crippen LogP contribution in [0.4, 0.5) is 0 Å². The van der Waals surface area contributed by atoms with Crippen molar-refractivity contribution < 1.29 is 14.4 Å². The molecule has 1 aromatic rings. The summed E-state index contributed by atoms with van der Waals surface area (Å²) in [5.41, 5.74) is 2.17. The van der Waals surface area contributed by atoms with Gasteiger partial charge in [0.05, 0.1) is 11.1 Å². The molecule has 0 bridgehead atoms. The molecule has 4 heteroatoms. The van der Waals surface area contributed by atoms with Gasteiger partial charge < -0.3 is 0 Å². The van der Waals surface area contributed by atoms with Crippen LogP contribution in [0.2, 0.25) is 0 Å². The number of ketones is 1. The van der Waals surface area contributed by atoms with E-state index >= 15 is 0 Å². The molecule has 118 valence electrons. The lowest BCUT2D eigenvalue weighted by Gasteiger charge is -2.36. The molecule has 0 saturated heterocycles. The maximum atomic E-state index is 12.5. The predicted octanol–water partition coefficient (Wildman–Crippen LogP) is 2.99. The number of benzene rings is 1. The fourth-order valence-electron chi connectivity index (χ4n) is 4.37. The highest BCUT2D eigenvalue weighted by Gasteiger charge is 2.47. The van der Waals surface area contributed by atoms with Gasteiger partial charge in [-0.1, -0.05) is 24.6 Å². The van der Waals surface area contributed by atoms with Crippen LogP contribution >= 0.6 is 0 Å². The number of nitrogens with zero attached hydrogens (tertiary/aromatic N) is 1. The summed E-state index contributed by atoms with van der Waals surface area (Å²) in [5, 5.41) is 0. The van der Waals surface area contributed by atoms with Gasteiger partial charge in [-0.05, 0) is 48.8 Å². The van der Waals surface area contributed by atoms with Gasteiger partial charge in [0.25, 0.3) is 11.8 Å². The summed E-state index contributed by atoms with van der Waals surface area (Å²) in [4.78, 5) is 38.2. The van der Waals surface area contributed by atoms with E-state index < -0.39 is 0 Å². The summed E-state index contributed by atoms with van der Waals surface area (Å²) in [6.07, 6.45) is 5.02. The molecule has 0 N–H and O–H groups in total. The second-order valence-corrected chi connectivity index (χ2v) is 7.06. The lowest BCUT2D eigenvalue weighted by atomic mass is 9.70. The third-order valence-corrected chi connectivity index (χ3v) is 5.90. The van der Waals surface area contributed by atoms with Crippen molar-refractivity contribution in [1.29, 1.82) is 0 Å². The Labute approximate surface area is 135 Å². The molecule has 1 aromatic carbocycles. The largest absolute Gasteiger partial charge is 0.295 e. The van der Waals surface area contributed by atoms with Gasteiger partial charge in [-0.25, -0.2) is 0 Å². The number of amides is 2. The molecule has 1 heterocycles. The number of allylic oxidation sites excluding steroid dienone is 2. The van der Waals surface area contributed by atoms with E-state index in [0.717, 1.165) is 19.3 Å². The molecule has 0 radical (unpaired) electrons. The van der Waals surface area contributed by atoms with Crippen LogP contribution in [-0.4, -0.2) is 29.0 Å². The maximum Gasteiger partial charge on any atom is 0.261 e. The SMILES string of the molecule is C[C@]12CCC(=O)C=C1CC[C@@H]2CN1C(=O)c2ccccc2C1=O. The summed E-state index contributed by atoms with van der Waals surface area (Å²) < 4.78 is 0. The van der Waals surface area contributed by atoms with E-state index in [2.05, 4.69) is 6.92 Å². The summed E-state index contributed by atoms with van der Waals surface area (Å²) in [5.74, 6) is 0.0833. The molecule has 1 aliphatic heterocycles. The molecule has 2 amide bonds. The highest BCUT2D eigenvalue weighted by Crippen LogP contribution is 2.52.